The van der Waals surface area contributed by atoms with Gasteiger partial charge >= 0.3 is 5.97 Å². The van der Waals surface area contributed by atoms with E-state index in [0.717, 1.165) is 31.7 Å². The number of carboxylic acids is 1. The number of anilines is 1. The maximum absolute atomic E-state index is 11.1. The minimum absolute atomic E-state index is 0.0722. The lowest BCUT2D eigenvalue weighted by Gasteiger charge is -2.35. The summed E-state index contributed by atoms with van der Waals surface area (Å²) in [6.45, 7) is 4.46. The van der Waals surface area contributed by atoms with Crippen molar-refractivity contribution in [1.82, 2.24) is 0 Å². The molecular formula is C15H20N2O4. The predicted molar refractivity (Wildman–Crippen MR) is 79.7 cm³/mol. The minimum Gasteiger partial charge on any atom is -0.478 e. The molecule has 1 aliphatic carbocycles. The Balaban J connectivity index is 2.16. The molecule has 1 aromatic carbocycles. The van der Waals surface area contributed by atoms with Gasteiger partial charge in [-0.1, -0.05) is 13.8 Å². The molecule has 1 aliphatic rings. The first-order chi connectivity index (χ1) is 9.78. The van der Waals surface area contributed by atoms with E-state index >= 15 is 0 Å². The van der Waals surface area contributed by atoms with Gasteiger partial charge in [0.2, 0.25) is 0 Å². The number of carboxylic acid groups (broad SMARTS) is 1. The van der Waals surface area contributed by atoms with Crippen LogP contribution >= 0.6 is 0 Å². The highest BCUT2D eigenvalue weighted by Gasteiger charge is 2.28. The Morgan fingerprint density at radius 3 is 2.52 bits per heavy atom. The Bertz CT molecular complexity index is 559. The number of nitrogens with zero attached hydrogens (tertiary/aromatic N) is 1. The van der Waals surface area contributed by atoms with Crippen molar-refractivity contribution in [3.63, 3.8) is 0 Å². The fourth-order valence-corrected chi connectivity index (χ4v) is 2.70. The maximum atomic E-state index is 11.1. The first-order valence-electron chi connectivity index (χ1n) is 7.07. The molecule has 2 rings (SSSR count). The van der Waals surface area contributed by atoms with Crippen molar-refractivity contribution >= 4 is 17.3 Å². The van der Waals surface area contributed by atoms with Crippen LogP contribution in [0, 0.1) is 15.5 Å². The quantitative estimate of drug-likeness (QED) is 0.652. The van der Waals surface area contributed by atoms with E-state index < -0.39 is 10.9 Å². The second kappa shape index (κ2) is 5.71. The molecule has 0 amide bonds. The zero-order valence-corrected chi connectivity index (χ0v) is 12.3. The van der Waals surface area contributed by atoms with Crippen molar-refractivity contribution in [1.29, 1.82) is 0 Å². The molecule has 0 aliphatic heterocycles. The Morgan fingerprint density at radius 2 is 2.00 bits per heavy atom. The number of nitro groups is 1. The molecule has 0 heterocycles. The van der Waals surface area contributed by atoms with Crippen molar-refractivity contribution in [2.24, 2.45) is 5.41 Å². The van der Waals surface area contributed by atoms with Gasteiger partial charge in [0.15, 0.2) is 0 Å². The summed E-state index contributed by atoms with van der Waals surface area (Å²) >= 11 is 0. The van der Waals surface area contributed by atoms with E-state index in [4.69, 9.17) is 5.11 Å². The van der Waals surface area contributed by atoms with Crippen LogP contribution in [-0.4, -0.2) is 22.0 Å². The van der Waals surface area contributed by atoms with Crippen molar-refractivity contribution in [3.8, 4) is 0 Å². The maximum Gasteiger partial charge on any atom is 0.335 e. The molecule has 21 heavy (non-hydrogen) atoms. The summed E-state index contributed by atoms with van der Waals surface area (Å²) in [4.78, 5) is 21.5. The van der Waals surface area contributed by atoms with E-state index in [2.05, 4.69) is 19.2 Å². The third kappa shape index (κ3) is 3.71. The molecule has 0 spiro atoms. The molecule has 0 radical (unpaired) electrons. The first kappa shape index (κ1) is 15.3. The molecule has 0 bridgehead atoms. The lowest BCUT2D eigenvalue weighted by Crippen LogP contribution is -2.30. The molecule has 1 saturated carbocycles. The number of aromatic carboxylic acids is 1. The summed E-state index contributed by atoms with van der Waals surface area (Å²) in [5.41, 5.74) is 0.476. The summed E-state index contributed by atoms with van der Waals surface area (Å²) in [7, 11) is 0. The molecule has 0 atom stereocenters. The molecule has 0 aromatic heterocycles. The standard InChI is InChI=1S/C15H20N2O4/c1-15(2)7-5-11(6-8-15)16-12-4-3-10(14(18)19)9-13(12)17(20)21/h3-4,9,11,16H,5-8H2,1-2H3,(H,18,19). The van der Waals surface area contributed by atoms with Crippen molar-refractivity contribution in [2.75, 3.05) is 5.32 Å². The highest BCUT2D eigenvalue weighted by Crippen LogP contribution is 2.37. The molecule has 0 unspecified atom stereocenters. The Morgan fingerprint density at radius 1 is 1.38 bits per heavy atom. The van der Waals surface area contributed by atoms with Gasteiger partial charge in [-0.05, 0) is 43.2 Å². The molecule has 0 saturated heterocycles. The van der Waals surface area contributed by atoms with Crippen LogP contribution < -0.4 is 5.32 Å². The van der Waals surface area contributed by atoms with E-state index in [0.29, 0.717) is 11.1 Å². The molecule has 6 heteroatoms. The zero-order valence-electron chi connectivity index (χ0n) is 12.3. The number of benzene rings is 1. The van der Waals surface area contributed by atoms with E-state index in [1.165, 1.54) is 12.1 Å². The van der Waals surface area contributed by atoms with Crippen LogP contribution in [0.25, 0.3) is 0 Å². The molecule has 1 aromatic rings. The average molecular weight is 292 g/mol. The Kier molecular flexibility index (Phi) is 4.16. The van der Waals surface area contributed by atoms with Gasteiger partial charge in [0.25, 0.3) is 5.69 Å². The molecule has 6 nitrogen and oxygen atoms in total. The monoisotopic (exact) mass is 292 g/mol. The smallest absolute Gasteiger partial charge is 0.335 e. The summed E-state index contributed by atoms with van der Waals surface area (Å²) in [5, 5.41) is 23.2. The highest BCUT2D eigenvalue weighted by atomic mass is 16.6. The lowest BCUT2D eigenvalue weighted by molar-refractivity contribution is -0.384. The van der Waals surface area contributed by atoms with Crippen LogP contribution in [-0.2, 0) is 0 Å². The van der Waals surface area contributed by atoms with Gasteiger partial charge in [0.1, 0.15) is 5.69 Å². The van der Waals surface area contributed by atoms with Crippen LogP contribution in [0.1, 0.15) is 49.9 Å². The van der Waals surface area contributed by atoms with Crippen molar-refractivity contribution in [2.45, 2.75) is 45.6 Å². The van der Waals surface area contributed by atoms with Crippen LogP contribution in [0.5, 0.6) is 0 Å². The highest BCUT2D eigenvalue weighted by molar-refractivity contribution is 5.89. The molecule has 114 valence electrons. The fourth-order valence-electron chi connectivity index (χ4n) is 2.70. The Hall–Kier alpha value is -2.11. The van der Waals surface area contributed by atoms with Gasteiger partial charge < -0.3 is 10.4 Å². The summed E-state index contributed by atoms with van der Waals surface area (Å²) < 4.78 is 0. The van der Waals surface area contributed by atoms with Gasteiger partial charge in [0.05, 0.1) is 10.5 Å². The largest absolute Gasteiger partial charge is 0.478 e. The van der Waals surface area contributed by atoms with Gasteiger partial charge in [-0.3, -0.25) is 10.1 Å². The number of hydrogen-bond donors (Lipinski definition) is 2. The molecule has 1 fully saturated rings. The van der Waals surface area contributed by atoms with Gasteiger partial charge in [-0.15, -0.1) is 0 Å². The summed E-state index contributed by atoms with van der Waals surface area (Å²) in [6.07, 6.45) is 4.08. The first-order valence-corrected chi connectivity index (χ1v) is 7.07. The zero-order chi connectivity index (χ0) is 15.6. The van der Waals surface area contributed by atoms with E-state index in [1.54, 1.807) is 0 Å². The fraction of sp³-hybridized carbons (Fsp3) is 0.533. The summed E-state index contributed by atoms with van der Waals surface area (Å²) in [6, 6.07) is 4.19. The average Bonchev–Trinajstić information content (AvgIpc) is 2.41. The second-order valence-electron chi connectivity index (χ2n) is 6.38. The second-order valence-corrected chi connectivity index (χ2v) is 6.38. The topological polar surface area (TPSA) is 92.5 Å². The van der Waals surface area contributed by atoms with Crippen LogP contribution in [0.15, 0.2) is 18.2 Å². The number of rotatable bonds is 4. The molecular weight excluding hydrogens is 272 g/mol. The Labute approximate surface area is 123 Å². The van der Waals surface area contributed by atoms with E-state index in [-0.39, 0.29) is 17.3 Å². The van der Waals surface area contributed by atoms with Gasteiger partial charge in [0, 0.05) is 12.1 Å². The van der Waals surface area contributed by atoms with E-state index in [9.17, 15) is 14.9 Å². The van der Waals surface area contributed by atoms with Crippen LogP contribution in [0.3, 0.4) is 0 Å². The number of hydrogen-bond acceptors (Lipinski definition) is 4. The lowest BCUT2D eigenvalue weighted by atomic mass is 9.75. The van der Waals surface area contributed by atoms with Crippen molar-refractivity contribution in [3.05, 3.63) is 33.9 Å². The van der Waals surface area contributed by atoms with Crippen molar-refractivity contribution < 1.29 is 14.8 Å². The molecule has 2 N–H and O–H groups in total. The number of carbonyl (C=O) groups is 1. The van der Waals surface area contributed by atoms with E-state index in [1.807, 2.05) is 0 Å². The SMILES string of the molecule is CC1(C)CCC(Nc2ccc(C(=O)O)cc2[N+](=O)[O-])CC1. The van der Waals surface area contributed by atoms with Crippen LogP contribution in [0.4, 0.5) is 11.4 Å². The van der Waals surface area contributed by atoms with Gasteiger partial charge in [-0.25, -0.2) is 4.79 Å². The third-order valence-electron chi connectivity index (χ3n) is 4.14. The normalized spacial score (nSPS) is 18.2. The number of nitro benzene ring substituents is 1. The summed E-state index contributed by atoms with van der Waals surface area (Å²) in [5.74, 6) is -1.16. The third-order valence-corrected chi connectivity index (χ3v) is 4.14. The minimum atomic E-state index is -1.16. The van der Waals surface area contributed by atoms with Gasteiger partial charge in [-0.2, -0.15) is 0 Å². The number of nitrogens with one attached hydrogen (secondary N) is 1. The van der Waals surface area contributed by atoms with Crippen LogP contribution in [0.2, 0.25) is 0 Å². The predicted octanol–water partition coefficient (Wildman–Crippen LogP) is 3.67.